The van der Waals surface area contributed by atoms with E-state index in [-0.39, 0.29) is 0 Å². The molecular weight excluding hydrogens is 347 g/mol. The van der Waals surface area contributed by atoms with Gasteiger partial charge in [0.25, 0.3) is 0 Å². The zero-order valence-electron chi connectivity index (χ0n) is 14.1. The topological polar surface area (TPSA) is 0 Å². The molecule has 0 heterocycles. The molecule has 0 radical (unpaired) electrons. The van der Waals surface area contributed by atoms with Gasteiger partial charge in [0, 0.05) is 11.5 Å². The highest BCUT2D eigenvalue weighted by Gasteiger charge is 2.32. The van der Waals surface area contributed by atoms with Crippen molar-refractivity contribution in [2.24, 2.45) is 0 Å². The molecule has 0 aliphatic heterocycles. The molecule has 134 valence electrons. The lowest BCUT2D eigenvalue weighted by atomic mass is 9.83. The molecule has 0 fully saturated rings. The molecule has 3 aromatic rings. The summed E-state index contributed by atoms with van der Waals surface area (Å²) in [5.74, 6) is -10.8. The van der Waals surface area contributed by atoms with Gasteiger partial charge in [-0.2, -0.15) is 0 Å². The van der Waals surface area contributed by atoms with E-state index in [9.17, 15) is 22.0 Å². The quantitative estimate of drug-likeness (QED) is 0.226. The third-order valence-electron chi connectivity index (χ3n) is 4.35. The Labute approximate surface area is 147 Å². The summed E-state index contributed by atoms with van der Waals surface area (Å²) in [5, 5.41) is 0. The number of hydrogen-bond acceptors (Lipinski definition) is 0. The lowest BCUT2D eigenvalue weighted by molar-refractivity contribution is 0.369. The summed E-state index contributed by atoms with van der Waals surface area (Å²) in [4.78, 5) is 0. The van der Waals surface area contributed by atoms with Gasteiger partial charge < -0.3 is 0 Å². The third kappa shape index (κ3) is 3.09. The molecule has 0 unspecified atom stereocenters. The van der Waals surface area contributed by atoms with E-state index in [0.29, 0.717) is 11.1 Å². The molecule has 0 amide bonds. The second-order valence-corrected chi connectivity index (χ2v) is 6.24. The second-order valence-electron chi connectivity index (χ2n) is 6.24. The first-order valence-electron chi connectivity index (χ1n) is 7.95. The minimum absolute atomic E-state index is 0.433. The lowest BCUT2D eigenvalue weighted by Gasteiger charge is -2.21. The van der Waals surface area contributed by atoms with Crippen LogP contribution in [0.1, 0.15) is 33.7 Å². The maximum absolute atomic E-state index is 14.5. The van der Waals surface area contributed by atoms with Crippen molar-refractivity contribution < 1.29 is 22.0 Å². The van der Waals surface area contributed by atoms with Crippen LogP contribution in [0.4, 0.5) is 22.0 Å². The Morgan fingerprint density at radius 2 is 0.808 bits per heavy atom. The summed E-state index contributed by atoms with van der Waals surface area (Å²) in [5.41, 5.74) is 1.84. The highest BCUT2D eigenvalue weighted by molar-refractivity contribution is 5.46. The SMILES string of the molecule is Cc1ccc(C(c2ccc(C)cc2)c2c(F)c(F)c(F)c(F)c2F)cc1. The third-order valence-corrected chi connectivity index (χ3v) is 4.35. The molecule has 0 saturated carbocycles. The van der Waals surface area contributed by atoms with Crippen molar-refractivity contribution in [3.63, 3.8) is 0 Å². The summed E-state index contributed by atoms with van der Waals surface area (Å²) < 4.78 is 69.9. The minimum Gasteiger partial charge on any atom is -0.203 e. The lowest BCUT2D eigenvalue weighted by Crippen LogP contribution is -2.14. The molecule has 0 N–H and O–H groups in total. The largest absolute Gasteiger partial charge is 0.203 e. The number of aryl methyl sites for hydroxylation is 2. The summed E-state index contributed by atoms with van der Waals surface area (Å²) >= 11 is 0. The standard InChI is InChI=1S/C21H15F5/c1-11-3-7-13(8-4-11)15(14-9-5-12(2)6-10-14)16-17(22)19(24)21(26)20(25)18(16)23/h3-10,15H,1-2H3. The molecule has 0 saturated heterocycles. The van der Waals surface area contributed by atoms with E-state index >= 15 is 0 Å². The smallest absolute Gasteiger partial charge is 0.200 e. The van der Waals surface area contributed by atoms with Crippen molar-refractivity contribution in [2.75, 3.05) is 0 Å². The van der Waals surface area contributed by atoms with E-state index in [0.717, 1.165) is 11.1 Å². The van der Waals surface area contributed by atoms with Gasteiger partial charge in [-0.1, -0.05) is 59.7 Å². The predicted molar refractivity (Wildman–Crippen MR) is 89.5 cm³/mol. The molecule has 3 rings (SSSR count). The molecule has 0 nitrogen and oxygen atoms in total. The zero-order chi connectivity index (χ0) is 19.0. The summed E-state index contributed by atoms with van der Waals surface area (Å²) in [6.45, 7) is 3.67. The summed E-state index contributed by atoms with van der Waals surface area (Å²) in [7, 11) is 0. The Kier molecular flexibility index (Phi) is 4.81. The highest BCUT2D eigenvalue weighted by atomic mass is 19.2. The van der Waals surface area contributed by atoms with Crippen molar-refractivity contribution in [3.8, 4) is 0 Å². The molecule has 3 aromatic carbocycles. The van der Waals surface area contributed by atoms with Gasteiger partial charge in [-0.15, -0.1) is 0 Å². The van der Waals surface area contributed by atoms with E-state index in [2.05, 4.69) is 0 Å². The van der Waals surface area contributed by atoms with Crippen molar-refractivity contribution in [3.05, 3.63) is 105 Å². The van der Waals surface area contributed by atoms with E-state index in [4.69, 9.17) is 0 Å². The van der Waals surface area contributed by atoms with Crippen LogP contribution in [0.5, 0.6) is 0 Å². The van der Waals surface area contributed by atoms with E-state index in [1.807, 2.05) is 13.8 Å². The normalized spacial score (nSPS) is 11.2. The van der Waals surface area contributed by atoms with Crippen LogP contribution in [-0.4, -0.2) is 0 Å². The van der Waals surface area contributed by atoms with Crippen LogP contribution in [0.15, 0.2) is 48.5 Å². The van der Waals surface area contributed by atoms with Gasteiger partial charge in [-0.25, -0.2) is 22.0 Å². The van der Waals surface area contributed by atoms with Crippen LogP contribution in [0, 0.1) is 42.9 Å². The van der Waals surface area contributed by atoms with Gasteiger partial charge >= 0.3 is 0 Å². The Bertz CT molecular complexity index is 869. The van der Waals surface area contributed by atoms with Gasteiger partial charge in [0.2, 0.25) is 5.82 Å². The zero-order valence-corrected chi connectivity index (χ0v) is 14.1. The Morgan fingerprint density at radius 1 is 0.500 bits per heavy atom. The van der Waals surface area contributed by atoms with Gasteiger partial charge in [0.1, 0.15) is 0 Å². The molecule has 0 atom stereocenters. The van der Waals surface area contributed by atoms with Gasteiger partial charge in [-0.3, -0.25) is 0 Å². The van der Waals surface area contributed by atoms with E-state index in [1.54, 1.807) is 48.5 Å². The fourth-order valence-electron chi connectivity index (χ4n) is 2.92. The molecule has 0 aliphatic rings. The van der Waals surface area contributed by atoms with Crippen molar-refractivity contribution in [1.29, 1.82) is 0 Å². The summed E-state index contributed by atoms with van der Waals surface area (Å²) in [6, 6.07) is 13.4. The number of benzene rings is 3. The molecular formula is C21H15F5. The van der Waals surface area contributed by atoms with Crippen LogP contribution in [0.3, 0.4) is 0 Å². The van der Waals surface area contributed by atoms with Crippen LogP contribution < -0.4 is 0 Å². The number of rotatable bonds is 3. The highest BCUT2D eigenvalue weighted by Crippen LogP contribution is 2.37. The Hall–Kier alpha value is -2.69. The van der Waals surface area contributed by atoms with E-state index in [1.165, 1.54) is 0 Å². The minimum atomic E-state index is -2.16. The van der Waals surface area contributed by atoms with Crippen LogP contribution in [0.25, 0.3) is 0 Å². The average molecular weight is 362 g/mol. The first kappa shape index (κ1) is 18.1. The van der Waals surface area contributed by atoms with Gasteiger partial charge in [-0.05, 0) is 25.0 Å². The first-order chi connectivity index (χ1) is 12.3. The molecule has 26 heavy (non-hydrogen) atoms. The van der Waals surface area contributed by atoms with Gasteiger partial charge in [0.05, 0.1) is 0 Å². The maximum Gasteiger partial charge on any atom is 0.200 e. The average Bonchev–Trinajstić information content (AvgIpc) is 2.64. The molecule has 5 heteroatoms. The molecule has 0 bridgehead atoms. The Balaban J connectivity index is 2.32. The van der Waals surface area contributed by atoms with Crippen molar-refractivity contribution >= 4 is 0 Å². The second kappa shape index (κ2) is 6.90. The van der Waals surface area contributed by atoms with Crippen molar-refractivity contribution in [1.82, 2.24) is 0 Å². The molecule has 0 aromatic heterocycles. The summed E-state index contributed by atoms with van der Waals surface area (Å²) in [6.07, 6.45) is 0. The fourth-order valence-corrected chi connectivity index (χ4v) is 2.92. The first-order valence-corrected chi connectivity index (χ1v) is 7.95. The monoisotopic (exact) mass is 362 g/mol. The van der Waals surface area contributed by atoms with Crippen molar-refractivity contribution in [2.45, 2.75) is 19.8 Å². The number of halogens is 5. The van der Waals surface area contributed by atoms with Crippen LogP contribution in [-0.2, 0) is 0 Å². The molecule has 0 spiro atoms. The fraction of sp³-hybridized carbons (Fsp3) is 0.143. The predicted octanol–water partition coefficient (Wildman–Crippen LogP) is 6.18. The van der Waals surface area contributed by atoms with Gasteiger partial charge in [0.15, 0.2) is 23.3 Å². The molecule has 0 aliphatic carbocycles. The van der Waals surface area contributed by atoms with E-state index < -0.39 is 40.6 Å². The maximum atomic E-state index is 14.5. The number of hydrogen-bond donors (Lipinski definition) is 0. The van der Waals surface area contributed by atoms with Crippen LogP contribution >= 0.6 is 0 Å². The Morgan fingerprint density at radius 3 is 1.15 bits per heavy atom. The van der Waals surface area contributed by atoms with Crippen LogP contribution in [0.2, 0.25) is 0 Å².